The summed E-state index contributed by atoms with van der Waals surface area (Å²) in [6.45, 7) is 10.4. The monoisotopic (exact) mass is 484 g/mol. The van der Waals surface area contributed by atoms with Crippen molar-refractivity contribution in [3.63, 3.8) is 0 Å². The highest BCUT2D eigenvalue weighted by atomic mass is 35.5. The van der Waals surface area contributed by atoms with Gasteiger partial charge in [-0.2, -0.15) is 0 Å². The highest BCUT2D eigenvalue weighted by Crippen LogP contribution is 2.23. The maximum absolute atomic E-state index is 13.2. The number of rotatable bonds is 9. The van der Waals surface area contributed by atoms with E-state index in [-0.39, 0.29) is 29.5 Å². The Hall–Kier alpha value is -2.10. The fraction of sp³-hybridized carbons (Fsp3) is 0.545. The number of methoxy groups -OCH3 is 1. The standard InChI is InChI=1S/C22H33ClN4O4S/c1-16(2)27-19(14-26(10-11-31-6)20(28)25-22(3,4)5)13-24-21(27)32(29,30)15-17-8-7-9-18(23)12-17/h7-9,12-13,16H,10-11,14-15H2,1-6H3,(H,25,28). The van der Waals surface area contributed by atoms with Crippen LogP contribution in [0.25, 0.3) is 0 Å². The van der Waals surface area contributed by atoms with Crippen molar-refractivity contribution in [1.82, 2.24) is 19.8 Å². The van der Waals surface area contributed by atoms with Crippen LogP contribution in [-0.4, -0.2) is 54.7 Å². The number of carbonyl (C=O) groups is 1. The highest BCUT2D eigenvalue weighted by Gasteiger charge is 2.27. The number of nitrogens with zero attached hydrogens (tertiary/aromatic N) is 3. The number of aromatic nitrogens is 2. The lowest BCUT2D eigenvalue weighted by atomic mass is 10.1. The number of amides is 2. The van der Waals surface area contributed by atoms with E-state index in [4.69, 9.17) is 16.3 Å². The minimum absolute atomic E-state index is 0.0228. The molecule has 1 heterocycles. The van der Waals surface area contributed by atoms with Crippen LogP contribution in [0, 0.1) is 0 Å². The predicted molar refractivity (Wildman–Crippen MR) is 126 cm³/mol. The molecule has 0 saturated carbocycles. The maximum Gasteiger partial charge on any atom is 0.318 e. The number of ether oxygens (including phenoxy) is 1. The third-order valence-electron chi connectivity index (χ3n) is 4.57. The zero-order chi connectivity index (χ0) is 24.1. The molecule has 0 fully saturated rings. The lowest BCUT2D eigenvalue weighted by molar-refractivity contribution is 0.141. The molecule has 0 aliphatic carbocycles. The van der Waals surface area contributed by atoms with Crippen molar-refractivity contribution in [1.29, 1.82) is 0 Å². The molecular weight excluding hydrogens is 452 g/mol. The molecule has 0 spiro atoms. The van der Waals surface area contributed by atoms with Gasteiger partial charge in [0.15, 0.2) is 0 Å². The molecule has 2 amide bonds. The zero-order valence-corrected chi connectivity index (χ0v) is 21.1. The first-order valence-electron chi connectivity index (χ1n) is 10.4. The van der Waals surface area contributed by atoms with E-state index in [9.17, 15) is 13.2 Å². The SMILES string of the molecule is COCCN(Cc1cnc(S(=O)(=O)Cc2cccc(Cl)c2)n1C(C)C)C(=O)NC(C)(C)C. The molecule has 178 valence electrons. The Bertz CT molecular complexity index is 1030. The second kappa shape index (κ2) is 10.7. The van der Waals surface area contributed by atoms with Gasteiger partial charge >= 0.3 is 6.03 Å². The van der Waals surface area contributed by atoms with Crippen molar-refractivity contribution < 1.29 is 17.9 Å². The third-order valence-corrected chi connectivity index (χ3v) is 6.37. The Labute approximate surface area is 195 Å². The van der Waals surface area contributed by atoms with E-state index in [1.807, 2.05) is 34.6 Å². The van der Waals surface area contributed by atoms with Gasteiger partial charge in [0, 0.05) is 30.3 Å². The van der Waals surface area contributed by atoms with E-state index in [1.54, 1.807) is 40.8 Å². The quantitative estimate of drug-likeness (QED) is 0.579. The number of halogens is 1. The molecule has 1 aromatic carbocycles. The van der Waals surface area contributed by atoms with Crippen molar-refractivity contribution in [2.45, 2.75) is 63.7 Å². The number of carbonyl (C=O) groups excluding carboxylic acids is 1. The molecule has 0 unspecified atom stereocenters. The van der Waals surface area contributed by atoms with Crippen molar-refractivity contribution in [2.75, 3.05) is 20.3 Å². The summed E-state index contributed by atoms with van der Waals surface area (Å²) in [6.07, 6.45) is 1.52. The summed E-state index contributed by atoms with van der Waals surface area (Å²) in [6, 6.07) is 6.33. The molecule has 0 aliphatic rings. The summed E-state index contributed by atoms with van der Waals surface area (Å²) in [7, 11) is -2.17. The van der Waals surface area contributed by atoms with Gasteiger partial charge in [-0.1, -0.05) is 23.7 Å². The minimum atomic E-state index is -3.74. The Kier molecular flexibility index (Phi) is 8.73. The molecule has 10 heteroatoms. The summed E-state index contributed by atoms with van der Waals surface area (Å²) in [5, 5.41) is 3.40. The lowest BCUT2D eigenvalue weighted by Gasteiger charge is -2.29. The van der Waals surface area contributed by atoms with Gasteiger partial charge in [-0.05, 0) is 52.3 Å². The van der Waals surface area contributed by atoms with E-state index in [0.717, 1.165) is 0 Å². The Balaban J connectivity index is 2.37. The second-order valence-electron chi connectivity index (χ2n) is 8.98. The van der Waals surface area contributed by atoms with E-state index < -0.39 is 15.4 Å². The average Bonchev–Trinajstić information content (AvgIpc) is 3.08. The maximum atomic E-state index is 13.2. The van der Waals surface area contributed by atoms with Gasteiger partial charge in [0.1, 0.15) is 0 Å². The Morgan fingerprint density at radius 3 is 2.56 bits per heavy atom. The number of hydrogen-bond acceptors (Lipinski definition) is 5. The smallest absolute Gasteiger partial charge is 0.318 e. The fourth-order valence-electron chi connectivity index (χ4n) is 3.24. The third kappa shape index (κ3) is 7.21. The van der Waals surface area contributed by atoms with Crippen molar-refractivity contribution >= 4 is 27.5 Å². The first kappa shape index (κ1) is 26.2. The van der Waals surface area contributed by atoms with Gasteiger partial charge in [0.05, 0.1) is 30.8 Å². The summed E-state index contributed by atoms with van der Waals surface area (Å²) >= 11 is 6.01. The molecule has 1 aromatic heterocycles. The molecule has 2 rings (SSSR count). The van der Waals surface area contributed by atoms with Crippen LogP contribution in [0.1, 0.15) is 51.9 Å². The molecule has 0 radical (unpaired) electrons. The molecular formula is C22H33ClN4O4S. The van der Waals surface area contributed by atoms with E-state index >= 15 is 0 Å². The topological polar surface area (TPSA) is 93.5 Å². The summed E-state index contributed by atoms with van der Waals surface area (Å²) in [4.78, 5) is 18.7. The van der Waals surface area contributed by atoms with Gasteiger partial charge in [-0.25, -0.2) is 18.2 Å². The first-order chi connectivity index (χ1) is 14.8. The van der Waals surface area contributed by atoms with Crippen molar-refractivity contribution in [3.8, 4) is 0 Å². The zero-order valence-electron chi connectivity index (χ0n) is 19.6. The van der Waals surface area contributed by atoms with Crippen LogP contribution in [0.15, 0.2) is 35.6 Å². The van der Waals surface area contributed by atoms with E-state index in [0.29, 0.717) is 29.4 Å². The summed E-state index contributed by atoms with van der Waals surface area (Å²) in [5.41, 5.74) is 0.806. The van der Waals surface area contributed by atoms with Crippen LogP contribution in [0.2, 0.25) is 5.02 Å². The predicted octanol–water partition coefficient (Wildman–Crippen LogP) is 4.05. The number of imidazole rings is 1. The molecule has 2 aromatic rings. The molecule has 0 aliphatic heterocycles. The molecule has 0 bridgehead atoms. The van der Waals surface area contributed by atoms with Crippen LogP contribution in [0.5, 0.6) is 0 Å². The molecule has 0 atom stereocenters. The van der Waals surface area contributed by atoms with Crippen LogP contribution in [0.3, 0.4) is 0 Å². The first-order valence-corrected chi connectivity index (χ1v) is 12.5. The number of nitrogens with one attached hydrogen (secondary N) is 1. The Morgan fingerprint density at radius 2 is 2.00 bits per heavy atom. The largest absolute Gasteiger partial charge is 0.383 e. The van der Waals surface area contributed by atoms with Crippen LogP contribution in [-0.2, 0) is 26.9 Å². The molecule has 8 nitrogen and oxygen atoms in total. The van der Waals surface area contributed by atoms with E-state index in [2.05, 4.69) is 10.3 Å². The van der Waals surface area contributed by atoms with E-state index in [1.165, 1.54) is 6.20 Å². The lowest BCUT2D eigenvalue weighted by Crippen LogP contribution is -2.49. The van der Waals surface area contributed by atoms with Crippen LogP contribution < -0.4 is 5.32 Å². The van der Waals surface area contributed by atoms with Gasteiger partial charge in [0.2, 0.25) is 15.0 Å². The van der Waals surface area contributed by atoms with Gasteiger partial charge in [-0.15, -0.1) is 0 Å². The number of hydrogen-bond donors (Lipinski definition) is 1. The molecule has 0 saturated heterocycles. The fourth-order valence-corrected chi connectivity index (χ4v) is 5.04. The second-order valence-corrected chi connectivity index (χ2v) is 11.3. The summed E-state index contributed by atoms with van der Waals surface area (Å²) < 4.78 is 33.2. The average molecular weight is 485 g/mol. The molecule has 1 N–H and O–H groups in total. The van der Waals surface area contributed by atoms with Gasteiger partial charge in [-0.3, -0.25) is 0 Å². The van der Waals surface area contributed by atoms with Crippen molar-refractivity contribution in [2.24, 2.45) is 0 Å². The number of benzene rings is 1. The number of sulfone groups is 1. The highest BCUT2D eigenvalue weighted by molar-refractivity contribution is 7.90. The summed E-state index contributed by atoms with van der Waals surface area (Å²) in [5.74, 6) is -0.214. The number of urea groups is 1. The molecule has 32 heavy (non-hydrogen) atoms. The minimum Gasteiger partial charge on any atom is -0.383 e. The van der Waals surface area contributed by atoms with Gasteiger partial charge in [0.25, 0.3) is 0 Å². The normalized spacial score (nSPS) is 12.2. The van der Waals surface area contributed by atoms with Crippen molar-refractivity contribution in [3.05, 3.63) is 46.7 Å². The van der Waals surface area contributed by atoms with Gasteiger partial charge < -0.3 is 19.5 Å². The van der Waals surface area contributed by atoms with Crippen LogP contribution in [0.4, 0.5) is 4.79 Å². The Morgan fingerprint density at radius 1 is 1.31 bits per heavy atom. The van der Waals surface area contributed by atoms with Crippen LogP contribution >= 0.6 is 11.6 Å².